The van der Waals surface area contributed by atoms with Crippen LogP contribution >= 0.6 is 12.6 Å². The molecule has 0 aromatic carbocycles. The minimum absolute atomic E-state index is 0.0241. The lowest BCUT2D eigenvalue weighted by Crippen LogP contribution is -1.86. The minimum atomic E-state index is 0.0241. The van der Waals surface area contributed by atoms with E-state index in [0.717, 1.165) is 12.8 Å². The van der Waals surface area contributed by atoms with E-state index in [-0.39, 0.29) is 5.12 Å². The molecule has 0 N–H and O–H groups in total. The van der Waals surface area contributed by atoms with Gasteiger partial charge in [-0.2, -0.15) is 0 Å². The summed E-state index contributed by atoms with van der Waals surface area (Å²) in [6.45, 7) is 3.70. The standard InChI is InChI=1S/C12H22OS/c1-2-3-4-5-6-7-8-9-10-11-12(13)14/h2H,1,3-11H2,(H,13,14). The summed E-state index contributed by atoms with van der Waals surface area (Å²) in [6, 6.07) is 0. The van der Waals surface area contributed by atoms with E-state index in [1.807, 2.05) is 6.08 Å². The normalized spacial score (nSPS) is 10.1. The Morgan fingerprint density at radius 1 is 1.00 bits per heavy atom. The van der Waals surface area contributed by atoms with Crippen LogP contribution in [0.1, 0.15) is 57.8 Å². The molecule has 0 fully saturated rings. The first-order valence-electron chi connectivity index (χ1n) is 5.60. The fourth-order valence-electron chi connectivity index (χ4n) is 1.45. The third-order valence-corrected chi connectivity index (χ3v) is 2.52. The Morgan fingerprint density at radius 2 is 1.50 bits per heavy atom. The molecule has 0 heterocycles. The molecule has 0 aliphatic heterocycles. The predicted molar refractivity (Wildman–Crippen MR) is 65.7 cm³/mol. The maximum atomic E-state index is 10.5. The summed E-state index contributed by atoms with van der Waals surface area (Å²) in [7, 11) is 0. The molecule has 0 aromatic rings. The molecular weight excluding hydrogens is 192 g/mol. The molecule has 0 saturated heterocycles. The van der Waals surface area contributed by atoms with Gasteiger partial charge in [-0.3, -0.25) is 4.79 Å². The average Bonchev–Trinajstić information content (AvgIpc) is 2.15. The fraction of sp³-hybridized carbons (Fsp3) is 0.750. The lowest BCUT2D eigenvalue weighted by Gasteiger charge is -1.99. The van der Waals surface area contributed by atoms with E-state index >= 15 is 0 Å². The van der Waals surface area contributed by atoms with Gasteiger partial charge >= 0.3 is 0 Å². The first-order valence-corrected chi connectivity index (χ1v) is 6.04. The summed E-state index contributed by atoms with van der Waals surface area (Å²) in [4.78, 5) is 10.5. The van der Waals surface area contributed by atoms with Gasteiger partial charge in [0.15, 0.2) is 5.12 Å². The monoisotopic (exact) mass is 214 g/mol. The maximum absolute atomic E-state index is 10.5. The molecule has 0 aliphatic carbocycles. The van der Waals surface area contributed by atoms with Crippen LogP contribution in [0.2, 0.25) is 0 Å². The Kier molecular flexibility index (Phi) is 10.7. The second-order valence-electron chi connectivity index (χ2n) is 3.70. The number of unbranched alkanes of at least 4 members (excludes halogenated alkanes) is 7. The van der Waals surface area contributed by atoms with Crippen molar-refractivity contribution < 1.29 is 4.79 Å². The molecule has 0 aliphatic rings. The van der Waals surface area contributed by atoms with Gasteiger partial charge < -0.3 is 0 Å². The molecule has 0 bridgehead atoms. The van der Waals surface area contributed by atoms with Crippen molar-refractivity contribution in [1.29, 1.82) is 0 Å². The maximum Gasteiger partial charge on any atom is 0.185 e. The molecule has 0 aromatic heterocycles. The molecule has 0 saturated carbocycles. The predicted octanol–water partition coefficient (Wildman–Crippen LogP) is 4.14. The Morgan fingerprint density at radius 3 is 2.00 bits per heavy atom. The Labute approximate surface area is 93.4 Å². The van der Waals surface area contributed by atoms with Gasteiger partial charge in [0.25, 0.3) is 0 Å². The molecule has 0 unspecified atom stereocenters. The number of hydrogen-bond donors (Lipinski definition) is 1. The number of allylic oxidation sites excluding steroid dienone is 1. The van der Waals surface area contributed by atoms with Crippen molar-refractivity contribution >= 4 is 17.7 Å². The number of thiol groups is 1. The van der Waals surface area contributed by atoms with E-state index in [1.165, 1.54) is 38.5 Å². The van der Waals surface area contributed by atoms with Crippen molar-refractivity contribution in [1.82, 2.24) is 0 Å². The molecule has 2 heteroatoms. The summed E-state index contributed by atoms with van der Waals surface area (Å²) in [5.41, 5.74) is 0. The first kappa shape index (κ1) is 13.8. The zero-order valence-electron chi connectivity index (χ0n) is 9.00. The second kappa shape index (κ2) is 10.8. The van der Waals surface area contributed by atoms with E-state index in [9.17, 15) is 4.79 Å². The van der Waals surface area contributed by atoms with E-state index in [0.29, 0.717) is 6.42 Å². The molecule has 82 valence electrons. The van der Waals surface area contributed by atoms with E-state index in [2.05, 4.69) is 19.2 Å². The van der Waals surface area contributed by atoms with Crippen molar-refractivity contribution in [2.45, 2.75) is 57.8 Å². The zero-order chi connectivity index (χ0) is 10.6. The molecule has 0 radical (unpaired) electrons. The zero-order valence-corrected chi connectivity index (χ0v) is 9.90. The van der Waals surface area contributed by atoms with Crippen molar-refractivity contribution in [2.75, 3.05) is 0 Å². The summed E-state index contributed by atoms with van der Waals surface area (Å²) in [5.74, 6) is 0. The van der Waals surface area contributed by atoms with Gasteiger partial charge in [-0.1, -0.05) is 38.2 Å². The first-order chi connectivity index (χ1) is 6.77. The molecule has 14 heavy (non-hydrogen) atoms. The van der Waals surface area contributed by atoms with Crippen LogP contribution in [0.25, 0.3) is 0 Å². The van der Waals surface area contributed by atoms with Crippen molar-refractivity contribution in [3.05, 3.63) is 12.7 Å². The van der Waals surface area contributed by atoms with E-state index < -0.39 is 0 Å². The third-order valence-electron chi connectivity index (χ3n) is 2.30. The highest BCUT2D eigenvalue weighted by atomic mass is 32.1. The van der Waals surface area contributed by atoms with Gasteiger partial charge in [0.05, 0.1) is 0 Å². The van der Waals surface area contributed by atoms with Crippen LogP contribution in [0.4, 0.5) is 0 Å². The topological polar surface area (TPSA) is 17.1 Å². The molecule has 0 rings (SSSR count). The van der Waals surface area contributed by atoms with E-state index in [4.69, 9.17) is 0 Å². The largest absolute Gasteiger partial charge is 0.288 e. The van der Waals surface area contributed by atoms with Crippen molar-refractivity contribution in [2.24, 2.45) is 0 Å². The Hall–Kier alpha value is -0.240. The van der Waals surface area contributed by atoms with Gasteiger partial charge in [0.2, 0.25) is 0 Å². The van der Waals surface area contributed by atoms with Crippen LogP contribution in [-0.4, -0.2) is 5.12 Å². The van der Waals surface area contributed by atoms with E-state index in [1.54, 1.807) is 0 Å². The number of carbonyl (C=O) groups excluding carboxylic acids is 1. The van der Waals surface area contributed by atoms with Crippen LogP contribution in [0.3, 0.4) is 0 Å². The lowest BCUT2D eigenvalue weighted by molar-refractivity contribution is -0.110. The average molecular weight is 214 g/mol. The van der Waals surface area contributed by atoms with Crippen LogP contribution < -0.4 is 0 Å². The second-order valence-corrected chi connectivity index (χ2v) is 4.19. The smallest absolute Gasteiger partial charge is 0.185 e. The molecule has 0 atom stereocenters. The van der Waals surface area contributed by atoms with Gasteiger partial charge in [-0.15, -0.1) is 19.2 Å². The molecule has 1 nitrogen and oxygen atoms in total. The van der Waals surface area contributed by atoms with Gasteiger partial charge in [-0.05, 0) is 19.3 Å². The molecular formula is C12H22OS. The van der Waals surface area contributed by atoms with Gasteiger partial charge in [-0.25, -0.2) is 0 Å². The Balaban J connectivity index is 2.92. The van der Waals surface area contributed by atoms with Crippen LogP contribution in [0.15, 0.2) is 12.7 Å². The molecule has 0 amide bonds. The van der Waals surface area contributed by atoms with Gasteiger partial charge in [0, 0.05) is 6.42 Å². The summed E-state index contributed by atoms with van der Waals surface area (Å²) >= 11 is 3.73. The van der Waals surface area contributed by atoms with Crippen molar-refractivity contribution in [3.63, 3.8) is 0 Å². The van der Waals surface area contributed by atoms with Crippen LogP contribution in [0, 0.1) is 0 Å². The lowest BCUT2D eigenvalue weighted by atomic mass is 10.1. The summed E-state index contributed by atoms with van der Waals surface area (Å²) in [5, 5.41) is 0.0241. The van der Waals surface area contributed by atoms with Crippen LogP contribution in [0.5, 0.6) is 0 Å². The third kappa shape index (κ3) is 11.8. The van der Waals surface area contributed by atoms with Gasteiger partial charge in [0.1, 0.15) is 0 Å². The highest BCUT2D eigenvalue weighted by molar-refractivity contribution is 7.96. The summed E-state index contributed by atoms with van der Waals surface area (Å²) < 4.78 is 0. The highest BCUT2D eigenvalue weighted by Gasteiger charge is 1.94. The number of rotatable bonds is 10. The molecule has 0 spiro atoms. The number of carbonyl (C=O) groups is 1. The fourth-order valence-corrected chi connectivity index (χ4v) is 1.61. The summed E-state index contributed by atoms with van der Waals surface area (Å²) in [6.07, 6.45) is 12.4. The number of hydrogen-bond acceptors (Lipinski definition) is 1. The highest BCUT2D eigenvalue weighted by Crippen LogP contribution is 2.10. The van der Waals surface area contributed by atoms with Crippen molar-refractivity contribution in [3.8, 4) is 0 Å². The SMILES string of the molecule is C=CCCCCCCCCCC(=O)S. The van der Waals surface area contributed by atoms with Crippen LogP contribution in [-0.2, 0) is 4.79 Å². The minimum Gasteiger partial charge on any atom is -0.288 e. The quantitative estimate of drug-likeness (QED) is 0.328. The Bertz CT molecular complexity index is 154.